The number of ether oxygens (including phenoxy) is 1. The molecule has 9 heteroatoms. The summed E-state index contributed by atoms with van der Waals surface area (Å²) in [4.78, 5) is 37.9. The molecule has 1 aromatic rings. The Hall–Kier alpha value is -2.84. The SMILES string of the molecule is CC(C)(C)OC(=O)NNc1ccc(C(=O)NCCCCCC(=O)O)cn1. The molecule has 0 fully saturated rings. The normalized spacial score (nSPS) is 10.7. The Kier molecular flexibility index (Phi) is 8.33. The van der Waals surface area contributed by atoms with Gasteiger partial charge in [-0.1, -0.05) is 6.42 Å². The first-order chi connectivity index (χ1) is 12.2. The number of carboxylic acids is 1. The number of hydrogen-bond donors (Lipinski definition) is 4. The molecule has 0 spiro atoms. The molecule has 144 valence electrons. The molecule has 1 rings (SSSR count). The minimum atomic E-state index is -0.810. The van der Waals surface area contributed by atoms with Crippen LogP contribution in [0.25, 0.3) is 0 Å². The molecule has 26 heavy (non-hydrogen) atoms. The van der Waals surface area contributed by atoms with Crippen LogP contribution in [0, 0.1) is 0 Å². The van der Waals surface area contributed by atoms with E-state index >= 15 is 0 Å². The van der Waals surface area contributed by atoms with Crippen molar-refractivity contribution in [3.05, 3.63) is 23.9 Å². The smallest absolute Gasteiger partial charge is 0.426 e. The van der Waals surface area contributed by atoms with Gasteiger partial charge in [-0.3, -0.25) is 15.0 Å². The summed E-state index contributed by atoms with van der Waals surface area (Å²) in [6, 6.07) is 3.13. The molecule has 0 aliphatic rings. The van der Waals surface area contributed by atoms with Crippen molar-refractivity contribution in [2.75, 3.05) is 12.0 Å². The van der Waals surface area contributed by atoms with Gasteiger partial charge >= 0.3 is 12.1 Å². The number of pyridine rings is 1. The Morgan fingerprint density at radius 2 is 1.88 bits per heavy atom. The minimum Gasteiger partial charge on any atom is -0.481 e. The molecule has 0 aromatic carbocycles. The predicted molar refractivity (Wildman–Crippen MR) is 95.7 cm³/mol. The summed E-state index contributed by atoms with van der Waals surface area (Å²) in [6.45, 7) is 5.73. The van der Waals surface area contributed by atoms with E-state index in [2.05, 4.69) is 21.2 Å². The van der Waals surface area contributed by atoms with Crippen molar-refractivity contribution in [2.24, 2.45) is 0 Å². The van der Waals surface area contributed by atoms with Gasteiger partial charge in [-0.2, -0.15) is 0 Å². The number of aliphatic carboxylic acids is 1. The van der Waals surface area contributed by atoms with Gasteiger partial charge in [-0.15, -0.1) is 0 Å². The van der Waals surface area contributed by atoms with Gasteiger partial charge in [0.1, 0.15) is 11.4 Å². The van der Waals surface area contributed by atoms with Crippen LogP contribution < -0.4 is 16.2 Å². The van der Waals surface area contributed by atoms with E-state index in [0.717, 1.165) is 6.42 Å². The van der Waals surface area contributed by atoms with Crippen molar-refractivity contribution >= 4 is 23.8 Å². The monoisotopic (exact) mass is 366 g/mol. The highest BCUT2D eigenvalue weighted by molar-refractivity contribution is 5.94. The van der Waals surface area contributed by atoms with Crippen molar-refractivity contribution < 1.29 is 24.2 Å². The third kappa shape index (κ3) is 9.45. The zero-order valence-corrected chi connectivity index (χ0v) is 15.3. The van der Waals surface area contributed by atoms with Crippen molar-refractivity contribution in [1.29, 1.82) is 0 Å². The van der Waals surface area contributed by atoms with Crippen LogP contribution >= 0.6 is 0 Å². The molecule has 0 bridgehead atoms. The van der Waals surface area contributed by atoms with E-state index in [-0.39, 0.29) is 12.3 Å². The molecule has 1 heterocycles. The molecule has 0 unspecified atom stereocenters. The van der Waals surface area contributed by atoms with Crippen molar-refractivity contribution in [2.45, 2.75) is 52.1 Å². The van der Waals surface area contributed by atoms with E-state index in [1.165, 1.54) is 6.20 Å². The molecule has 2 amide bonds. The second-order valence-electron chi connectivity index (χ2n) is 6.64. The Morgan fingerprint density at radius 3 is 2.46 bits per heavy atom. The first-order valence-corrected chi connectivity index (χ1v) is 8.38. The zero-order valence-electron chi connectivity index (χ0n) is 15.3. The molecule has 0 saturated heterocycles. The van der Waals surface area contributed by atoms with Gasteiger partial charge < -0.3 is 15.2 Å². The number of carbonyl (C=O) groups excluding carboxylic acids is 2. The summed E-state index contributed by atoms with van der Waals surface area (Å²) < 4.78 is 5.07. The second kappa shape index (κ2) is 10.2. The van der Waals surface area contributed by atoms with E-state index < -0.39 is 17.7 Å². The van der Waals surface area contributed by atoms with Crippen LogP contribution in [0.5, 0.6) is 0 Å². The van der Waals surface area contributed by atoms with Gasteiger partial charge in [0.2, 0.25) is 0 Å². The lowest BCUT2D eigenvalue weighted by Crippen LogP contribution is -2.36. The van der Waals surface area contributed by atoms with E-state index in [1.54, 1.807) is 32.9 Å². The minimum absolute atomic E-state index is 0.143. The third-order valence-electron chi connectivity index (χ3n) is 3.07. The number of hydrogen-bond acceptors (Lipinski definition) is 6. The summed E-state index contributed by atoms with van der Waals surface area (Å²) in [7, 11) is 0. The maximum atomic E-state index is 12.0. The quantitative estimate of drug-likeness (QED) is 0.390. The van der Waals surface area contributed by atoms with Crippen LogP contribution in [0.2, 0.25) is 0 Å². The van der Waals surface area contributed by atoms with Crippen LogP contribution in [-0.4, -0.2) is 40.2 Å². The number of carboxylic acid groups (broad SMARTS) is 1. The Bertz CT molecular complexity index is 611. The van der Waals surface area contributed by atoms with Crippen molar-refractivity contribution in [3.8, 4) is 0 Å². The topological polar surface area (TPSA) is 130 Å². The van der Waals surface area contributed by atoms with E-state index in [9.17, 15) is 14.4 Å². The highest BCUT2D eigenvalue weighted by Crippen LogP contribution is 2.07. The van der Waals surface area contributed by atoms with Gasteiger partial charge in [-0.05, 0) is 45.7 Å². The second-order valence-corrected chi connectivity index (χ2v) is 6.64. The highest BCUT2D eigenvalue weighted by atomic mass is 16.6. The van der Waals surface area contributed by atoms with Gasteiger partial charge in [0.05, 0.1) is 5.56 Å². The molecule has 0 aliphatic heterocycles. The number of rotatable bonds is 9. The number of aromatic nitrogens is 1. The fourth-order valence-corrected chi connectivity index (χ4v) is 1.90. The zero-order chi connectivity index (χ0) is 19.6. The average molecular weight is 366 g/mol. The predicted octanol–water partition coefficient (Wildman–Crippen LogP) is 2.31. The fraction of sp³-hybridized carbons (Fsp3) is 0.529. The van der Waals surface area contributed by atoms with Gasteiger partial charge in [0.25, 0.3) is 5.91 Å². The molecule has 1 aromatic heterocycles. The first kappa shape index (κ1) is 21.2. The fourth-order valence-electron chi connectivity index (χ4n) is 1.90. The Labute approximate surface area is 152 Å². The molecule has 0 radical (unpaired) electrons. The van der Waals surface area contributed by atoms with Gasteiger partial charge in [0.15, 0.2) is 0 Å². The summed E-state index contributed by atoms with van der Waals surface area (Å²) in [5, 5.41) is 11.3. The number of nitrogens with one attached hydrogen (secondary N) is 3. The number of nitrogens with zero attached hydrogens (tertiary/aromatic N) is 1. The maximum absolute atomic E-state index is 12.0. The van der Waals surface area contributed by atoms with Gasteiger partial charge in [-0.25, -0.2) is 15.2 Å². The van der Waals surface area contributed by atoms with E-state index in [4.69, 9.17) is 9.84 Å². The number of carbonyl (C=O) groups is 3. The summed E-state index contributed by atoms with van der Waals surface area (Å²) in [5.41, 5.74) is 4.73. The molecule has 4 N–H and O–H groups in total. The number of unbranched alkanes of at least 4 members (excludes halogenated alkanes) is 2. The van der Waals surface area contributed by atoms with Crippen LogP contribution in [0.15, 0.2) is 18.3 Å². The van der Waals surface area contributed by atoms with Gasteiger partial charge in [0, 0.05) is 19.2 Å². The van der Waals surface area contributed by atoms with Crippen LogP contribution in [0.4, 0.5) is 10.6 Å². The van der Waals surface area contributed by atoms with E-state index in [0.29, 0.717) is 30.8 Å². The van der Waals surface area contributed by atoms with Crippen LogP contribution in [0.3, 0.4) is 0 Å². The van der Waals surface area contributed by atoms with E-state index in [1.807, 2.05) is 0 Å². The average Bonchev–Trinajstić information content (AvgIpc) is 2.54. The Morgan fingerprint density at radius 1 is 1.15 bits per heavy atom. The third-order valence-corrected chi connectivity index (χ3v) is 3.07. The standard InChI is InChI=1S/C17H26N4O5/c1-17(2,3)26-16(25)21-20-13-9-8-12(11-19-13)15(24)18-10-6-4-5-7-14(22)23/h8-9,11H,4-7,10H2,1-3H3,(H,18,24)(H,19,20)(H,21,25)(H,22,23). The highest BCUT2D eigenvalue weighted by Gasteiger charge is 2.15. The number of hydrazine groups is 1. The van der Waals surface area contributed by atoms with Crippen molar-refractivity contribution in [3.63, 3.8) is 0 Å². The first-order valence-electron chi connectivity index (χ1n) is 8.38. The lowest BCUT2D eigenvalue weighted by molar-refractivity contribution is -0.137. The molecule has 0 saturated carbocycles. The maximum Gasteiger partial charge on any atom is 0.426 e. The molecular formula is C17H26N4O5. The number of anilines is 1. The summed E-state index contributed by atoms with van der Waals surface area (Å²) in [5.74, 6) is -0.710. The Balaban J connectivity index is 2.31. The molecular weight excluding hydrogens is 340 g/mol. The lowest BCUT2D eigenvalue weighted by Gasteiger charge is -2.19. The van der Waals surface area contributed by atoms with Crippen LogP contribution in [-0.2, 0) is 9.53 Å². The number of amides is 2. The summed E-state index contributed by atoms with van der Waals surface area (Å²) >= 11 is 0. The lowest BCUT2D eigenvalue weighted by atomic mass is 10.2. The molecule has 9 nitrogen and oxygen atoms in total. The van der Waals surface area contributed by atoms with Crippen LogP contribution in [0.1, 0.15) is 56.8 Å². The summed E-state index contributed by atoms with van der Waals surface area (Å²) in [6.07, 6.45) is 2.94. The molecule has 0 aliphatic carbocycles. The largest absolute Gasteiger partial charge is 0.481 e. The van der Waals surface area contributed by atoms with Crippen molar-refractivity contribution in [1.82, 2.24) is 15.7 Å². The molecule has 0 atom stereocenters.